The zero-order chi connectivity index (χ0) is 6.69. The molecule has 2 heteroatoms. The number of alkyl halides is 1. The summed E-state index contributed by atoms with van der Waals surface area (Å²) in [6.45, 7) is 0. The molecule has 1 aliphatic carbocycles. The minimum absolute atomic E-state index is 0.141. The third kappa shape index (κ3) is 1.57. The molecule has 0 amide bonds. The van der Waals surface area contributed by atoms with Crippen LogP contribution in [0.1, 0.15) is 0 Å². The Kier molecular flexibility index (Phi) is 2.31. The Hall–Kier alpha value is -0.270. The number of allylic oxidation sites excluding steroid dienone is 2. The Morgan fingerprint density at radius 3 is 2.44 bits per heavy atom. The van der Waals surface area contributed by atoms with Crippen LogP contribution >= 0.6 is 11.6 Å². The summed E-state index contributed by atoms with van der Waals surface area (Å²) in [7, 11) is 0. The highest BCUT2D eigenvalue weighted by Gasteiger charge is 2.12. The van der Waals surface area contributed by atoms with E-state index in [1.54, 1.807) is 0 Å². The van der Waals surface area contributed by atoms with Crippen LogP contribution in [0.3, 0.4) is 0 Å². The molecule has 50 valence electrons. The molecule has 0 bridgehead atoms. The third-order valence-electron chi connectivity index (χ3n) is 1.38. The van der Waals surface area contributed by atoms with E-state index in [-0.39, 0.29) is 5.92 Å². The van der Waals surface area contributed by atoms with Crippen LogP contribution in [0.15, 0.2) is 24.3 Å². The van der Waals surface area contributed by atoms with E-state index in [1.807, 2.05) is 24.3 Å². The summed E-state index contributed by atoms with van der Waals surface area (Å²) >= 11 is 5.41. The van der Waals surface area contributed by atoms with Crippen molar-refractivity contribution >= 4 is 11.6 Å². The van der Waals surface area contributed by atoms with E-state index in [1.165, 1.54) is 0 Å². The van der Waals surface area contributed by atoms with Crippen molar-refractivity contribution in [3.8, 4) is 0 Å². The normalized spacial score (nSPS) is 21.1. The quantitative estimate of drug-likeness (QED) is 0.580. The Balaban J connectivity index is 2.43. The number of rotatable bonds is 2. The molecular formula is C7H9ClO. The largest absolute Gasteiger partial charge is 0.391 e. The van der Waals surface area contributed by atoms with Crippen LogP contribution in [-0.4, -0.2) is 17.1 Å². The number of hydrogen-bond donors (Lipinski definition) is 1. The van der Waals surface area contributed by atoms with Gasteiger partial charge in [-0.15, -0.1) is 11.6 Å². The van der Waals surface area contributed by atoms with Gasteiger partial charge in [-0.25, -0.2) is 0 Å². The molecule has 0 spiro atoms. The molecule has 1 nitrogen and oxygen atoms in total. The van der Waals surface area contributed by atoms with E-state index < -0.39 is 6.10 Å². The SMILES string of the molecule is O[C@H](CCl)C1C=CC=C1. The van der Waals surface area contributed by atoms with Gasteiger partial charge in [0.15, 0.2) is 0 Å². The maximum absolute atomic E-state index is 9.12. The molecule has 0 saturated heterocycles. The molecule has 9 heavy (non-hydrogen) atoms. The molecule has 0 aromatic carbocycles. The van der Waals surface area contributed by atoms with Crippen molar-refractivity contribution < 1.29 is 5.11 Å². The highest BCUT2D eigenvalue weighted by Crippen LogP contribution is 2.13. The van der Waals surface area contributed by atoms with Crippen LogP contribution < -0.4 is 0 Å². The summed E-state index contributed by atoms with van der Waals surface area (Å²) in [4.78, 5) is 0. The lowest BCUT2D eigenvalue weighted by atomic mass is 10.1. The van der Waals surface area contributed by atoms with Crippen LogP contribution in [-0.2, 0) is 0 Å². The second-order valence-electron chi connectivity index (χ2n) is 2.07. The van der Waals surface area contributed by atoms with Crippen LogP contribution in [0.4, 0.5) is 0 Å². The lowest BCUT2D eigenvalue weighted by Gasteiger charge is -2.09. The number of hydrogen-bond acceptors (Lipinski definition) is 1. The highest BCUT2D eigenvalue weighted by atomic mass is 35.5. The molecule has 0 aromatic rings. The highest BCUT2D eigenvalue weighted by molar-refractivity contribution is 6.18. The number of halogens is 1. The van der Waals surface area contributed by atoms with Gasteiger partial charge in [-0.05, 0) is 0 Å². The van der Waals surface area contributed by atoms with Gasteiger partial charge >= 0.3 is 0 Å². The number of aliphatic hydroxyl groups excluding tert-OH is 1. The monoisotopic (exact) mass is 144 g/mol. The van der Waals surface area contributed by atoms with E-state index in [0.717, 1.165) is 0 Å². The van der Waals surface area contributed by atoms with Gasteiger partial charge in [0.05, 0.1) is 6.10 Å². The zero-order valence-electron chi connectivity index (χ0n) is 5.00. The van der Waals surface area contributed by atoms with Crippen molar-refractivity contribution in [2.45, 2.75) is 6.10 Å². The molecule has 1 aliphatic rings. The molecule has 0 aromatic heterocycles. The molecule has 1 rings (SSSR count). The standard InChI is InChI=1S/C7H9ClO/c8-5-7(9)6-3-1-2-4-6/h1-4,6-7,9H,5H2/t7-/m1/s1. The minimum atomic E-state index is -0.415. The Labute approximate surface area is 59.6 Å². The van der Waals surface area contributed by atoms with Crippen molar-refractivity contribution in [1.29, 1.82) is 0 Å². The van der Waals surface area contributed by atoms with Crippen LogP contribution in [0, 0.1) is 5.92 Å². The fourth-order valence-corrected chi connectivity index (χ4v) is 1.01. The van der Waals surface area contributed by atoms with E-state index in [0.29, 0.717) is 5.88 Å². The summed E-state index contributed by atoms with van der Waals surface area (Å²) in [5, 5.41) is 9.12. The fourth-order valence-electron chi connectivity index (χ4n) is 0.808. The zero-order valence-corrected chi connectivity index (χ0v) is 5.75. The lowest BCUT2D eigenvalue weighted by Crippen LogP contribution is -2.16. The van der Waals surface area contributed by atoms with Gasteiger partial charge in [0.1, 0.15) is 0 Å². The van der Waals surface area contributed by atoms with Crippen molar-refractivity contribution in [3.05, 3.63) is 24.3 Å². The average molecular weight is 145 g/mol. The van der Waals surface area contributed by atoms with E-state index in [9.17, 15) is 0 Å². The van der Waals surface area contributed by atoms with Crippen molar-refractivity contribution in [2.24, 2.45) is 5.92 Å². The van der Waals surface area contributed by atoms with Crippen LogP contribution in [0.5, 0.6) is 0 Å². The average Bonchev–Trinajstić information content (AvgIpc) is 2.37. The minimum Gasteiger partial charge on any atom is -0.391 e. The maximum Gasteiger partial charge on any atom is 0.0772 e. The molecule has 0 unspecified atom stereocenters. The van der Waals surface area contributed by atoms with Gasteiger partial charge in [0.2, 0.25) is 0 Å². The van der Waals surface area contributed by atoms with Gasteiger partial charge < -0.3 is 5.11 Å². The summed E-state index contributed by atoms with van der Waals surface area (Å²) < 4.78 is 0. The van der Waals surface area contributed by atoms with Crippen LogP contribution in [0.25, 0.3) is 0 Å². The van der Waals surface area contributed by atoms with Gasteiger partial charge in [-0.1, -0.05) is 24.3 Å². The first kappa shape index (κ1) is 6.84. The topological polar surface area (TPSA) is 20.2 Å². The van der Waals surface area contributed by atoms with Crippen molar-refractivity contribution in [2.75, 3.05) is 5.88 Å². The first-order valence-corrected chi connectivity index (χ1v) is 3.47. The third-order valence-corrected chi connectivity index (χ3v) is 1.70. The number of aliphatic hydroxyl groups is 1. The van der Waals surface area contributed by atoms with Gasteiger partial charge in [0.25, 0.3) is 0 Å². The molecule has 1 atom stereocenters. The first-order valence-electron chi connectivity index (χ1n) is 2.93. The van der Waals surface area contributed by atoms with E-state index in [4.69, 9.17) is 16.7 Å². The summed E-state index contributed by atoms with van der Waals surface area (Å²) in [6, 6.07) is 0. The van der Waals surface area contributed by atoms with Gasteiger partial charge in [-0.2, -0.15) is 0 Å². The first-order chi connectivity index (χ1) is 4.34. The molecule has 0 aliphatic heterocycles. The summed E-state index contributed by atoms with van der Waals surface area (Å²) in [6.07, 6.45) is 7.29. The van der Waals surface area contributed by atoms with E-state index >= 15 is 0 Å². The molecule has 1 N–H and O–H groups in total. The molecule has 0 heterocycles. The Bertz CT molecular complexity index is 128. The maximum atomic E-state index is 9.12. The van der Waals surface area contributed by atoms with Crippen LogP contribution in [0.2, 0.25) is 0 Å². The smallest absolute Gasteiger partial charge is 0.0772 e. The van der Waals surface area contributed by atoms with Gasteiger partial charge in [-0.3, -0.25) is 0 Å². The fraction of sp³-hybridized carbons (Fsp3) is 0.429. The van der Waals surface area contributed by atoms with Crippen molar-refractivity contribution in [1.82, 2.24) is 0 Å². The second-order valence-corrected chi connectivity index (χ2v) is 2.38. The van der Waals surface area contributed by atoms with Gasteiger partial charge in [0, 0.05) is 11.8 Å². The predicted octanol–water partition coefficient (Wildman–Crippen LogP) is 1.33. The second kappa shape index (κ2) is 3.04. The Morgan fingerprint density at radius 2 is 2.00 bits per heavy atom. The lowest BCUT2D eigenvalue weighted by molar-refractivity contribution is 0.173. The van der Waals surface area contributed by atoms with Crippen molar-refractivity contribution in [3.63, 3.8) is 0 Å². The molecule has 0 fully saturated rings. The predicted molar refractivity (Wildman–Crippen MR) is 38.5 cm³/mol. The molecule has 0 saturated carbocycles. The summed E-state index contributed by atoms with van der Waals surface area (Å²) in [5.41, 5.74) is 0. The Morgan fingerprint density at radius 1 is 1.44 bits per heavy atom. The molecule has 0 radical (unpaired) electrons. The molecular weight excluding hydrogens is 136 g/mol. The van der Waals surface area contributed by atoms with E-state index in [2.05, 4.69) is 0 Å². The summed E-state index contributed by atoms with van der Waals surface area (Å²) in [5.74, 6) is 0.446.